The molecule has 2 rings (SSSR count). The molecule has 18 heavy (non-hydrogen) atoms. The Bertz CT molecular complexity index is 466. The van der Waals surface area contributed by atoms with Gasteiger partial charge in [0.25, 0.3) is 0 Å². The van der Waals surface area contributed by atoms with E-state index in [9.17, 15) is 0 Å². The van der Waals surface area contributed by atoms with Crippen LogP contribution in [-0.4, -0.2) is 5.11 Å². The molecule has 1 N–H and O–H groups in total. The fourth-order valence-corrected chi connectivity index (χ4v) is 1.49. The number of hydrogen-bond donors (Lipinski definition) is 1. The summed E-state index contributed by atoms with van der Waals surface area (Å²) in [5.41, 5.74) is 0.762. The molecule has 0 radical (unpaired) electrons. The monoisotopic (exact) mass is 264 g/mol. The third kappa shape index (κ3) is 4.06. The van der Waals surface area contributed by atoms with Crippen molar-refractivity contribution < 1.29 is 9.84 Å². The summed E-state index contributed by atoms with van der Waals surface area (Å²) in [5.74, 6) is 1.36. The molecule has 0 atom stereocenters. The van der Waals surface area contributed by atoms with E-state index in [-0.39, 0.29) is 6.61 Å². The van der Waals surface area contributed by atoms with E-state index in [2.05, 4.69) is 0 Å². The second kappa shape index (κ2) is 7.75. The van der Waals surface area contributed by atoms with Crippen LogP contribution in [0.2, 0.25) is 5.02 Å². The van der Waals surface area contributed by atoms with E-state index in [4.69, 9.17) is 21.4 Å². The summed E-state index contributed by atoms with van der Waals surface area (Å²) in [4.78, 5) is 0. The van der Waals surface area contributed by atoms with E-state index in [1.165, 1.54) is 0 Å². The standard InChI is InChI=1S/C13H11ClO2.C2H6/c14-11-5-7-12(8-6-11)16-13-4-2-1-3-10(13)9-15;1-2/h1-8,15H,9H2;1-2H3. The van der Waals surface area contributed by atoms with Gasteiger partial charge in [-0.15, -0.1) is 0 Å². The van der Waals surface area contributed by atoms with Crippen molar-refractivity contribution >= 4 is 11.6 Å². The molecule has 96 valence electrons. The van der Waals surface area contributed by atoms with Crippen molar-refractivity contribution in [3.05, 3.63) is 59.1 Å². The minimum absolute atomic E-state index is 0.0379. The molecule has 2 aromatic rings. The zero-order valence-corrected chi connectivity index (χ0v) is 11.3. The van der Waals surface area contributed by atoms with Crippen LogP contribution < -0.4 is 4.74 Å². The van der Waals surface area contributed by atoms with Gasteiger partial charge in [-0.1, -0.05) is 43.6 Å². The molecular weight excluding hydrogens is 248 g/mol. The van der Waals surface area contributed by atoms with Gasteiger partial charge in [0.2, 0.25) is 0 Å². The number of para-hydroxylation sites is 1. The third-order valence-electron chi connectivity index (χ3n) is 2.18. The lowest BCUT2D eigenvalue weighted by molar-refractivity contribution is 0.276. The van der Waals surface area contributed by atoms with E-state index in [0.29, 0.717) is 16.5 Å². The zero-order valence-electron chi connectivity index (χ0n) is 10.6. The Balaban J connectivity index is 0.000000771. The van der Waals surface area contributed by atoms with Crippen LogP contribution >= 0.6 is 11.6 Å². The van der Waals surface area contributed by atoms with Gasteiger partial charge in [0, 0.05) is 10.6 Å². The number of ether oxygens (including phenoxy) is 1. The maximum absolute atomic E-state index is 9.14. The average molecular weight is 265 g/mol. The minimum Gasteiger partial charge on any atom is -0.457 e. The highest BCUT2D eigenvalue weighted by atomic mass is 35.5. The van der Waals surface area contributed by atoms with Gasteiger partial charge in [-0.05, 0) is 30.3 Å². The van der Waals surface area contributed by atoms with Crippen molar-refractivity contribution in [2.75, 3.05) is 0 Å². The first kappa shape index (κ1) is 14.6. The molecule has 0 saturated heterocycles. The summed E-state index contributed by atoms with van der Waals surface area (Å²) in [6.45, 7) is 3.96. The average Bonchev–Trinajstić information content (AvgIpc) is 2.44. The molecule has 2 nitrogen and oxygen atoms in total. The molecule has 2 aromatic carbocycles. The predicted molar refractivity (Wildman–Crippen MR) is 75.2 cm³/mol. The SMILES string of the molecule is CC.OCc1ccccc1Oc1ccc(Cl)cc1. The van der Waals surface area contributed by atoms with E-state index in [0.717, 1.165) is 5.56 Å². The summed E-state index contributed by atoms with van der Waals surface area (Å²) < 4.78 is 5.64. The molecule has 0 heterocycles. The highest BCUT2D eigenvalue weighted by Gasteiger charge is 2.02. The van der Waals surface area contributed by atoms with Crippen molar-refractivity contribution in [1.82, 2.24) is 0 Å². The van der Waals surface area contributed by atoms with Crippen LogP contribution in [-0.2, 0) is 6.61 Å². The van der Waals surface area contributed by atoms with Crippen molar-refractivity contribution in [1.29, 1.82) is 0 Å². The van der Waals surface area contributed by atoms with Crippen molar-refractivity contribution in [2.24, 2.45) is 0 Å². The fraction of sp³-hybridized carbons (Fsp3) is 0.200. The van der Waals surface area contributed by atoms with Gasteiger partial charge >= 0.3 is 0 Å². The largest absolute Gasteiger partial charge is 0.457 e. The van der Waals surface area contributed by atoms with E-state index in [1.807, 2.05) is 38.1 Å². The smallest absolute Gasteiger partial charge is 0.132 e. The summed E-state index contributed by atoms with van der Waals surface area (Å²) in [6, 6.07) is 14.5. The van der Waals surface area contributed by atoms with Gasteiger partial charge in [0.15, 0.2) is 0 Å². The number of halogens is 1. The van der Waals surface area contributed by atoms with Gasteiger partial charge in [-0.2, -0.15) is 0 Å². The molecular formula is C15H17ClO2. The lowest BCUT2D eigenvalue weighted by atomic mass is 10.2. The van der Waals surface area contributed by atoms with E-state index in [1.54, 1.807) is 24.3 Å². The van der Waals surface area contributed by atoms with Gasteiger partial charge in [-0.3, -0.25) is 0 Å². The molecule has 0 fully saturated rings. The Labute approximate surface area is 113 Å². The van der Waals surface area contributed by atoms with E-state index < -0.39 is 0 Å². The molecule has 0 amide bonds. The van der Waals surface area contributed by atoms with Crippen LogP contribution in [0.4, 0.5) is 0 Å². The van der Waals surface area contributed by atoms with Crippen LogP contribution in [0, 0.1) is 0 Å². The molecule has 0 saturated carbocycles. The van der Waals surface area contributed by atoms with E-state index >= 15 is 0 Å². The molecule has 3 heteroatoms. The molecule has 0 aromatic heterocycles. The van der Waals surface area contributed by atoms with Gasteiger partial charge < -0.3 is 9.84 Å². The Morgan fingerprint density at radius 3 is 2.22 bits per heavy atom. The highest BCUT2D eigenvalue weighted by molar-refractivity contribution is 6.30. The second-order valence-corrected chi connectivity index (χ2v) is 3.76. The van der Waals surface area contributed by atoms with Crippen LogP contribution in [0.25, 0.3) is 0 Å². The molecule has 0 aliphatic heterocycles. The van der Waals surface area contributed by atoms with Crippen LogP contribution in [0.15, 0.2) is 48.5 Å². The predicted octanol–water partition coefficient (Wildman–Crippen LogP) is 4.65. The first-order valence-corrected chi connectivity index (χ1v) is 6.29. The highest BCUT2D eigenvalue weighted by Crippen LogP contribution is 2.26. The maximum atomic E-state index is 9.14. The molecule has 0 bridgehead atoms. The Hall–Kier alpha value is -1.51. The second-order valence-electron chi connectivity index (χ2n) is 3.32. The van der Waals surface area contributed by atoms with Gasteiger partial charge in [0.1, 0.15) is 11.5 Å². The number of aliphatic hydroxyl groups excluding tert-OH is 1. The Morgan fingerprint density at radius 2 is 1.61 bits per heavy atom. The topological polar surface area (TPSA) is 29.5 Å². The summed E-state index contributed by atoms with van der Waals surface area (Å²) >= 11 is 5.78. The first-order valence-electron chi connectivity index (χ1n) is 5.92. The molecule has 0 aliphatic rings. The van der Waals surface area contributed by atoms with Crippen LogP contribution in [0.1, 0.15) is 19.4 Å². The summed E-state index contributed by atoms with van der Waals surface area (Å²) in [7, 11) is 0. The maximum Gasteiger partial charge on any atom is 0.132 e. The third-order valence-corrected chi connectivity index (χ3v) is 2.44. The molecule has 0 aliphatic carbocycles. The normalized spacial score (nSPS) is 9.33. The number of aliphatic hydroxyl groups is 1. The number of hydrogen-bond acceptors (Lipinski definition) is 2. The Morgan fingerprint density at radius 1 is 1.00 bits per heavy atom. The number of benzene rings is 2. The Kier molecular flexibility index (Phi) is 6.26. The van der Waals surface area contributed by atoms with Gasteiger partial charge in [0.05, 0.1) is 6.61 Å². The van der Waals surface area contributed by atoms with Crippen molar-refractivity contribution in [3.8, 4) is 11.5 Å². The van der Waals surface area contributed by atoms with Gasteiger partial charge in [-0.25, -0.2) is 0 Å². The lowest BCUT2D eigenvalue weighted by Crippen LogP contribution is -1.90. The molecule has 0 spiro atoms. The molecule has 0 unspecified atom stereocenters. The van der Waals surface area contributed by atoms with Crippen molar-refractivity contribution in [3.63, 3.8) is 0 Å². The first-order chi connectivity index (χ1) is 8.79. The summed E-state index contributed by atoms with van der Waals surface area (Å²) in [5, 5.41) is 9.81. The summed E-state index contributed by atoms with van der Waals surface area (Å²) in [6.07, 6.45) is 0. The van der Waals surface area contributed by atoms with Crippen molar-refractivity contribution in [2.45, 2.75) is 20.5 Å². The van der Waals surface area contributed by atoms with Crippen LogP contribution in [0.3, 0.4) is 0 Å². The zero-order chi connectivity index (χ0) is 13.4. The minimum atomic E-state index is -0.0379. The lowest BCUT2D eigenvalue weighted by Gasteiger charge is -2.09. The van der Waals surface area contributed by atoms with Crippen LogP contribution in [0.5, 0.6) is 11.5 Å². The quantitative estimate of drug-likeness (QED) is 0.874. The number of rotatable bonds is 3. The fourth-order valence-electron chi connectivity index (χ4n) is 1.36.